The molecule has 0 radical (unpaired) electrons. The molecule has 0 saturated carbocycles. The van der Waals surface area contributed by atoms with Crippen LogP contribution in [0, 0.1) is 0 Å². The zero-order chi connectivity index (χ0) is 20.8. The first-order valence-corrected chi connectivity index (χ1v) is 11.3. The number of anilines is 1. The third-order valence-electron chi connectivity index (χ3n) is 4.86. The minimum absolute atomic E-state index is 0.128. The highest BCUT2D eigenvalue weighted by molar-refractivity contribution is 9.10. The highest BCUT2D eigenvalue weighted by Gasteiger charge is 2.29. The standard InChI is InChI=1S/C19H16BrClN2O5S/c20-18-14-11-17(19(24)25)28-16(14)6-5-15(18)22-7-9-23(10-8-22)29(26,27)13-3-1-12(21)2-4-13/h1-6,11H,7-10H2,(H,24,25). The molecule has 0 aliphatic carbocycles. The van der Waals surface area contributed by atoms with Crippen LogP contribution in [0.15, 0.2) is 56.2 Å². The fourth-order valence-corrected chi connectivity index (χ4v) is 5.58. The van der Waals surface area contributed by atoms with Gasteiger partial charge in [0.25, 0.3) is 0 Å². The van der Waals surface area contributed by atoms with E-state index in [0.29, 0.717) is 42.2 Å². The molecule has 0 atom stereocenters. The minimum atomic E-state index is -3.58. The highest BCUT2D eigenvalue weighted by atomic mass is 79.9. The molecule has 1 aliphatic heterocycles. The van der Waals surface area contributed by atoms with Crippen molar-refractivity contribution in [2.75, 3.05) is 31.1 Å². The average molecular weight is 500 g/mol. The number of nitrogens with zero attached hydrogens (tertiary/aromatic N) is 2. The molecule has 7 nitrogen and oxygen atoms in total. The smallest absolute Gasteiger partial charge is 0.371 e. The second kappa shape index (κ2) is 7.64. The van der Waals surface area contributed by atoms with Crippen LogP contribution in [0.2, 0.25) is 5.02 Å². The van der Waals surface area contributed by atoms with Crippen LogP contribution >= 0.6 is 27.5 Å². The Balaban J connectivity index is 1.54. The van der Waals surface area contributed by atoms with E-state index in [1.54, 1.807) is 18.2 Å². The number of hydrogen-bond acceptors (Lipinski definition) is 5. The van der Waals surface area contributed by atoms with Gasteiger partial charge in [0.1, 0.15) is 5.58 Å². The Morgan fingerprint density at radius 1 is 1.07 bits per heavy atom. The number of halogens is 2. The summed E-state index contributed by atoms with van der Waals surface area (Å²) < 4.78 is 33.2. The zero-order valence-corrected chi connectivity index (χ0v) is 18.2. The third kappa shape index (κ3) is 3.75. The van der Waals surface area contributed by atoms with Gasteiger partial charge < -0.3 is 14.4 Å². The maximum atomic E-state index is 12.8. The summed E-state index contributed by atoms with van der Waals surface area (Å²) in [5.74, 6) is -1.26. The molecule has 3 aromatic rings. The molecule has 2 heterocycles. The molecule has 0 spiro atoms. The number of aromatic carboxylic acids is 1. The summed E-state index contributed by atoms with van der Waals surface area (Å²) in [6.45, 7) is 1.67. The van der Waals surface area contributed by atoms with Crippen molar-refractivity contribution >= 4 is 60.2 Å². The van der Waals surface area contributed by atoms with E-state index in [4.69, 9.17) is 21.1 Å². The van der Waals surface area contributed by atoms with Crippen LogP contribution in [-0.2, 0) is 10.0 Å². The Labute approximate surface area is 180 Å². The van der Waals surface area contributed by atoms with E-state index in [2.05, 4.69) is 20.8 Å². The van der Waals surface area contributed by atoms with E-state index in [9.17, 15) is 13.2 Å². The lowest BCUT2D eigenvalue weighted by atomic mass is 10.2. The van der Waals surface area contributed by atoms with Crippen molar-refractivity contribution in [3.8, 4) is 0 Å². The summed E-state index contributed by atoms with van der Waals surface area (Å²) in [4.78, 5) is 13.4. The number of carbonyl (C=O) groups is 1. The molecule has 0 bridgehead atoms. The number of carboxylic acid groups (broad SMARTS) is 1. The van der Waals surface area contributed by atoms with Crippen LogP contribution < -0.4 is 4.90 Å². The zero-order valence-electron chi connectivity index (χ0n) is 15.0. The molecule has 29 heavy (non-hydrogen) atoms. The summed E-state index contributed by atoms with van der Waals surface area (Å²) in [5, 5.41) is 10.3. The predicted molar refractivity (Wildman–Crippen MR) is 113 cm³/mol. The quantitative estimate of drug-likeness (QED) is 0.582. The van der Waals surface area contributed by atoms with E-state index in [1.807, 2.05) is 6.07 Å². The molecule has 1 aliphatic rings. The normalized spacial score (nSPS) is 15.7. The largest absolute Gasteiger partial charge is 0.475 e. The number of furan rings is 1. The molecule has 1 saturated heterocycles. The van der Waals surface area contributed by atoms with Crippen molar-refractivity contribution in [1.82, 2.24) is 4.31 Å². The van der Waals surface area contributed by atoms with E-state index in [1.165, 1.54) is 22.5 Å². The number of fused-ring (bicyclic) bond motifs is 1. The lowest BCUT2D eigenvalue weighted by Crippen LogP contribution is -2.48. The van der Waals surface area contributed by atoms with Crippen molar-refractivity contribution in [1.29, 1.82) is 0 Å². The molecule has 1 fully saturated rings. The van der Waals surface area contributed by atoms with Crippen LogP contribution in [0.4, 0.5) is 5.69 Å². The topological polar surface area (TPSA) is 91.1 Å². The van der Waals surface area contributed by atoms with Crippen molar-refractivity contribution in [3.63, 3.8) is 0 Å². The fourth-order valence-electron chi connectivity index (χ4n) is 3.34. The monoisotopic (exact) mass is 498 g/mol. The van der Waals surface area contributed by atoms with E-state index >= 15 is 0 Å². The van der Waals surface area contributed by atoms with Gasteiger partial charge in [-0.2, -0.15) is 4.31 Å². The van der Waals surface area contributed by atoms with Gasteiger partial charge in [-0.05, 0) is 52.3 Å². The second-order valence-corrected chi connectivity index (χ2v) is 9.74. The summed E-state index contributed by atoms with van der Waals surface area (Å²) in [7, 11) is -3.58. The molecule has 2 aromatic carbocycles. The molecular formula is C19H16BrClN2O5S. The van der Waals surface area contributed by atoms with Gasteiger partial charge in [-0.25, -0.2) is 13.2 Å². The molecular weight excluding hydrogens is 484 g/mol. The lowest BCUT2D eigenvalue weighted by molar-refractivity contribution is 0.0665. The summed E-state index contributed by atoms with van der Waals surface area (Å²) in [5.41, 5.74) is 1.33. The number of piperazine rings is 1. The predicted octanol–water partition coefficient (Wildman–Crippen LogP) is 4.06. The van der Waals surface area contributed by atoms with Crippen LogP contribution in [0.5, 0.6) is 0 Å². The van der Waals surface area contributed by atoms with Gasteiger partial charge in [0.15, 0.2) is 0 Å². The SMILES string of the molecule is O=C(O)c1cc2c(Br)c(N3CCN(S(=O)(=O)c4ccc(Cl)cc4)CC3)ccc2o1. The Kier molecular flexibility index (Phi) is 5.32. The molecule has 1 aromatic heterocycles. The van der Waals surface area contributed by atoms with E-state index < -0.39 is 16.0 Å². The molecule has 1 N–H and O–H groups in total. The van der Waals surface area contributed by atoms with E-state index in [-0.39, 0.29) is 10.7 Å². The highest BCUT2D eigenvalue weighted by Crippen LogP contribution is 2.36. The van der Waals surface area contributed by atoms with Crippen LogP contribution in [-0.4, -0.2) is 50.0 Å². The van der Waals surface area contributed by atoms with Gasteiger partial charge in [0.05, 0.1) is 15.1 Å². The summed E-state index contributed by atoms with van der Waals surface area (Å²) in [6, 6.07) is 11.2. The molecule has 0 unspecified atom stereocenters. The van der Waals surface area contributed by atoms with Gasteiger partial charge in [0, 0.05) is 42.7 Å². The van der Waals surface area contributed by atoms with Gasteiger partial charge in [-0.3, -0.25) is 0 Å². The number of rotatable bonds is 4. The van der Waals surface area contributed by atoms with Crippen LogP contribution in [0.1, 0.15) is 10.6 Å². The summed E-state index contributed by atoms with van der Waals surface area (Å²) >= 11 is 9.39. The Morgan fingerprint density at radius 2 is 1.72 bits per heavy atom. The first-order chi connectivity index (χ1) is 13.8. The van der Waals surface area contributed by atoms with Crippen LogP contribution in [0.25, 0.3) is 11.0 Å². The van der Waals surface area contributed by atoms with Gasteiger partial charge in [-0.15, -0.1) is 0 Å². The fraction of sp³-hybridized carbons (Fsp3) is 0.211. The second-order valence-electron chi connectivity index (χ2n) is 6.57. The maximum Gasteiger partial charge on any atom is 0.371 e. The first kappa shape index (κ1) is 20.2. The van der Waals surface area contributed by atoms with Gasteiger partial charge in [-0.1, -0.05) is 11.6 Å². The Hall–Kier alpha value is -2.07. The maximum absolute atomic E-state index is 12.8. The molecule has 10 heteroatoms. The summed E-state index contributed by atoms with van der Waals surface area (Å²) in [6.07, 6.45) is 0. The third-order valence-corrected chi connectivity index (χ3v) is 7.85. The van der Waals surface area contributed by atoms with Gasteiger partial charge in [0.2, 0.25) is 15.8 Å². The Morgan fingerprint density at radius 3 is 2.34 bits per heavy atom. The van der Waals surface area contributed by atoms with Crippen LogP contribution in [0.3, 0.4) is 0 Å². The van der Waals surface area contributed by atoms with Crippen molar-refractivity contribution < 1.29 is 22.7 Å². The number of benzene rings is 2. The van der Waals surface area contributed by atoms with Gasteiger partial charge >= 0.3 is 5.97 Å². The lowest BCUT2D eigenvalue weighted by Gasteiger charge is -2.35. The van der Waals surface area contributed by atoms with E-state index in [0.717, 1.165) is 10.2 Å². The number of sulfonamides is 1. The number of carboxylic acids is 1. The Bertz CT molecular complexity index is 1190. The molecule has 4 rings (SSSR count). The first-order valence-electron chi connectivity index (χ1n) is 8.73. The average Bonchev–Trinajstić information content (AvgIpc) is 3.14. The van der Waals surface area contributed by atoms with Crippen molar-refractivity contribution in [3.05, 3.63) is 57.7 Å². The minimum Gasteiger partial charge on any atom is -0.475 e. The van der Waals surface area contributed by atoms with Crippen molar-refractivity contribution in [2.45, 2.75) is 4.90 Å². The molecule has 152 valence electrons. The number of hydrogen-bond donors (Lipinski definition) is 1. The van der Waals surface area contributed by atoms with Crippen molar-refractivity contribution in [2.24, 2.45) is 0 Å². The molecule has 0 amide bonds.